The Kier molecular flexibility index (Phi) is 7.49. The second-order valence-electron chi connectivity index (χ2n) is 5.86. The van der Waals surface area contributed by atoms with Crippen LogP contribution in [0.2, 0.25) is 0 Å². The number of rotatable bonds is 9. The molecule has 2 N–H and O–H groups in total. The smallest absolute Gasteiger partial charge is 0.252 e. The molecule has 0 saturated carbocycles. The van der Waals surface area contributed by atoms with E-state index in [1.807, 2.05) is 35.9 Å². The van der Waals surface area contributed by atoms with Gasteiger partial charge in [-0.1, -0.05) is 30.3 Å². The van der Waals surface area contributed by atoms with Crippen LogP contribution in [0, 0.1) is 0 Å². The Morgan fingerprint density at radius 2 is 1.96 bits per heavy atom. The Bertz CT molecular complexity index is 626. The van der Waals surface area contributed by atoms with E-state index in [-0.39, 0.29) is 17.9 Å². The summed E-state index contributed by atoms with van der Waals surface area (Å²) >= 11 is 1.50. The van der Waals surface area contributed by atoms with Crippen LogP contribution < -0.4 is 10.6 Å². The van der Waals surface area contributed by atoms with Gasteiger partial charge in [0.25, 0.3) is 5.91 Å². The van der Waals surface area contributed by atoms with Gasteiger partial charge in [-0.2, -0.15) is 11.3 Å². The SMILES string of the molecule is CC(CCc1ccccc1)NC(=O)CCCNC(=O)c1ccsc1. The zero-order valence-corrected chi connectivity index (χ0v) is 14.8. The Balaban J connectivity index is 1.56. The fraction of sp³-hybridized carbons (Fsp3) is 0.368. The number of carbonyl (C=O) groups is 2. The molecular formula is C19H24N2O2S. The standard InChI is InChI=1S/C19H24N2O2S/c1-15(9-10-16-6-3-2-4-7-16)21-18(22)8-5-12-20-19(23)17-11-13-24-14-17/h2-4,6-7,11,13-15H,5,8-10,12H2,1H3,(H,20,23)(H,21,22). The van der Waals surface area contributed by atoms with Gasteiger partial charge in [0.15, 0.2) is 0 Å². The normalized spacial score (nSPS) is 11.7. The van der Waals surface area contributed by atoms with Crippen molar-refractivity contribution in [3.05, 3.63) is 58.3 Å². The minimum Gasteiger partial charge on any atom is -0.354 e. The van der Waals surface area contributed by atoms with E-state index in [0.29, 0.717) is 24.9 Å². The number of aryl methyl sites for hydroxylation is 1. The van der Waals surface area contributed by atoms with E-state index >= 15 is 0 Å². The van der Waals surface area contributed by atoms with Crippen molar-refractivity contribution in [3.63, 3.8) is 0 Å². The lowest BCUT2D eigenvalue weighted by atomic mass is 10.1. The highest BCUT2D eigenvalue weighted by molar-refractivity contribution is 7.08. The molecule has 5 heteroatoms. The number of hydrogen-bond acceptors (Lipinski definition) is 3. The molecule has 0 bridgehead atoms. The van der Waals surface area contributed by atoms with E-state index in [1.165, 1.54) is 16.9 Å². The maximum atomic E-state index is 11.9. The number of hydrogen-bond donors (Lipinski definition) is 2. The third kappa shape index (κ3) is 6.54. The van der Waals surface area contributed by atoms with E-state index in [0.717, 1.165) is 12.8 Å². The van der Waals surface area contributed by atoms with E-state index in [9.17, 15) is 9.59 Å². The van der Waals surface area contributed by atoms with Gasteiger partial charge in [-0.25, -0.2) is 0 Å². The minimum atomic E-state index is -0.0760. The quantitative estimate of drug-likeness (QED) is 0.685. The van der Waals surface area contributed by atoms with Crippen LogP contribution in [-0.4, -0.2) is 24.4 Å². The maximum absolute atomic E-state index is 11.9. The van der Waals surface area contributed by atoms with Crippen LogP contribution in [-0.2, 0) is 11.2 Å². The van der Waals surface area contributed by atoms with Gasteiger partial charge in [0.2, 0.25) is 5.91 Å². The van der Waals surface area contributed by atoms with Gasteiger partial charge in [-0.3, -0.25) is 9.59 Å². The molecule has 24 heavy (non-hydrogen) atoms. The van der Waals surface area contributed by atoms with Crippen LogP contribution in [0.5, 0.6) is 0 Å². The van der Waals surface area contributed by atoms with Crippen LogP contribution in [0.1, 0.15) is 42.1 Å². The van der Waals surface area contributed by atoms with Crippen molar-refractivity contribution >= 4 is 23.2 Å². The van der Waals surface area contributed by atoms with Crippen LogP contribution in [0.25, 0.3) is 0 Å². The monoisotopic (exact) mass is 344 g/mol. The highest BCUT2D eigenvalue weighted by Crippen LogP contribution is 2.06. The van der Waals surface area contributed by atoms with Crippen molar-refractivity contribution in [2.45, 2.75) is 38.6 Å². The van der Waals surface area contributed by atoms with Crippen molar-refractivity contribution < 1.29 is 9.59 Å². The zero-order chi connectivity index (χ0) is 17.2. The van der Waals surface area contributed by atoms with Gasteiger partial charge in [0.05, 0.1) is 0 Å². The molecule has 0 spiro atoms. The summed E-state index contributed by atoms with van der Waals surface area (Å²) in [5, 5.41) is 9.53. The van der Waals surface area contributed by atoms with Crippen molar-refractivity contribution in [2.24, 2.45) is 0 Å². The zero-order valence-electron chi connectivity index (χ0n) is 14.0. The number of thiophene rings is 1. The first-order chi connectivity index (χ1) is 11.6. The fourth-order valence-electron chi connectivity index (χ4n) is 2.39. The molecule has 0 saturated heterocycles. The Morgan fingerprint density at radius 1 is 1.17 bits per heavy atom. The van der Waals surface area contributed by atoms with Gasteiger partial charge in [0, 0.05) is 30.0 Å². The van der Waals surface area contributed by atoms with Gasteiger partial charge < -0.3 is 10.6 Å². The summed E-state index contributed by atoms with van der Waals surface area (Å²) < 4.78 is 0. The first kappa shape index (κ1) is 18.2. The van der Waals surface area contributed by atoms with Gasteiger partial charge in [-0.05, 0) is 43.2 Å². The van der Waals surface area contributed by atoms with Crippen LogP contribution in [0.3, 0.4) is 0 Å². The maximum Gasteiger partial charge on any atom is 0.252 e. The first-order valence-electron chi connectivity index (χ1n) is 8.29. The Morgan fingerprint density at radius 3 is 2.67 bits per heavy atom. The number of carbonyl (C=O) groups excluding carboxylic acids is 2. The largest absolute Gasteiger partial charge is 0.354 e. The molecule has 128 valence electrons. The molecule has 0 aliphatic carbocycles. The molecule has 2 rings (SSSR count). The summed E-state index contributed by atoms with van der Waals surface area (Å²) in [5.74, 6) is -0.0340. The molecule has 1 atom stereocenters. The van der Waals surface area contributed by atoms with Crippen molar-refractivity contribution in [1.82, 2.24) is 10.6 Å². The fourth-order valence-corrected chi connectivity index (χ4v) is 3.03. The Hall–Kier alpha value is -2.14. The third-order valence-electron chi connectivity index (χ3n) is 3.77. The summed E-state index contributed by atoms with van der Waals surface area (Å²) in [5.41, 5.74) is 1.97. The Labute approximate surface area is 147 Å². The molecule has 0 aliphatic rings. The lowest BCUT2D eigenvalue weighted by molar-refractivity contribution is -0.121. The summed E-state index contributed by atoms with van der Waals surface area (Å²) in [7, 11) is 0. The topological polar surface area (TPSA) is 58.2 Å². The molecule has 0 fully saturated rings. The van der Waals surface area contributed by atoms with Crippen molar-refractivity contribution in [2.75, 3.05) is 6.54 Å². The molecule has 0 radical (unpaired) electrons. The average Bonchev–Trinajstić information content (AvgIpc) is 3.12. The van der Waals surface area contributed by atoms with Crippen LogP contribution in [0.15, 0.2) is 47.2 Å². The van der Waals surface area contributed by atoms with Gasteiger partial charge in [-0.15, -0.1) is 0 Å². The summed E-state index contributed by atoms with van der Waals surface area (Å²) in [6.07, 6.45) is 2.95. The van der Waals surface area contributed by atoms with E-state index in [4.69, 9.17) is 0 Å². The van der Waals surface area contributed by atoms with E-state index in [1.54, 1.807) is 6.07 Å². The summed E-state index contributed by atoms with van der Waals surface area (Å²) in [4.78, 5) is 23.7. The number of nitrogens with one attached hydrogen (secondary N) is 2. The predicted octanol–water partition coefficient (Wildman–Crippen LogP) is 3.40. The second-order valence-corrected chi connectivity index (χ2v) is 6.64. The van der Waals surface area contributed by atoms with Gasteiger partial charge >= 0.3 is 0 Å². The number of amides is 2. The number of benzene rings is 1. The molecule has 2 aromatic rings. The lowest BCUT2D eigenvalue weighted by Crippen LogP contribution is -2.33. The molecule has 0 aliphatic heterocycles. The van der Waals surface area contributed by atoms with Crippen molar-refractivity contribution in [1.29, 1.82) is 0 Å². The highest BCUT2D eigenvalue weighted by atomic mass is 32.1. The van der Waals surface area contributed by atoms with Crippen LogP contribution >= 0.6 is 11.3 Å². The molecule has 1 unspecified atom stereocenters. The summed E-state index contributed by atoms with van der Waals surface area (Å²) in [6.45, 7) is 2.54. The second kappa shape index (κ2) is 9.88. The summed E-state index contributed by atoms with van der Waals surface area (Å²) in [6, 6.07) is 12.2. The predicted molar refractivity (Wildman–Crippen MR) is 98.3 cm³/mol. The molecule has 2 amide bonds. The van der Waals surface area contributed by atoms with Crippen LogP contribution in [0.4, 0.5) is 0 Å². The molecule has 1 aromatic heterocycles. The highest BCUT2D eigenvalue weighted by Gasteiger charge is 2.08. The molecule has 1 heterocycles. The third-order valence-corrected chi connectivity index (χ3v) is 4.45. The van der Waals surface area contributed by atoms with E-state index in [2.05, 4.69) is 22.8 Å². The van der Waals surface area contributed by atoms with Crippen molar-refractivity contribution in [3.8, 4) is 0 Å². The molecular weight excluding hydrogens is 320 g/mol. The average molecular weight is 344 g/mol. The van der Waals surface area contributed by atoms with Gasteiger partial charge in [0.1, 0.15) is 0 Å². The van der Waals surface area contributed by atoms with E-state index < -0.39 is 0 Å². The minimum absolute atomic E-state index is 0.0420. The first-order valence-corrected chi connectivity index (χ1v) is 9.23. The lowest BCUT2D eigenvalue weighted by Gasteiger charge is -2.14. The molecule has 1 aromatic carbocycles. The molecule has 4 nitrogen and oxygen atoms in total.